The van der Waals surface area contributed by atoms with Crippen molar-refractivity contribution in [2.75, 3.05) is 0 Å². The highest BCUT2D eigenvalue weighted by atomic mass is 127. The molecule has 20 heavy (non-hydrogen) atoms. The highest BCUT2D eigenvalue weighted by molar-refractivity contribution is 14.1. The Morgan fingerprint density at radius 2 is 2.00 bits per heavy atom. The maximum Gasteiger partial charge on any atom is 0.260 e. The predicted molar refractivity (Wildman–Crippen MR) is 92.3 cm³/mol. The molecular weight excluding hydrogens is 432 g/mol. The van der Waals surface area contributed by atoms with Crippen LogP contribution < -0.4 is 5.56 Å². The first-order chi connectivity index (χ1) is 9.47. The Bertz CT molecular complexity index is 888. The Balaban J connectivity index is 2.40. The van der Waals surface area contributed by atoms with Gasteiger partial charge >= 0.3 is 0 Å². The number of aromatic amines is 1. The van der Waals surface area contributed by atoms with Gasteiger partial charge in [-0.1, -0.05) is 23.2 Å². The number of hydrogen-bond donors (Lipinski definition) is 2. The summed E-state index contributed by atoms with van der Waals surface area (Å²) >= 11 is 15.2. The molecule has 0 aliphatic carbocycles. The van der Waals surface area contributed by atoms with Crippen LogP contribution in [0, 0.1) is 3.57 Å². The standard InChI is InChI=1S/C13H6Cl2INO2S/c14-6-4-8-5(3-7(6)16)12(18)11(13(19)17-8)9-1-2-10(15)20-9/h1-4H,(H2,17,18,19). The van der Waals surface area contributed by atoms with E-state index in [0.717, 1.165) is 3.57 Å². The van der Waals surface area contributed by atoms with Crippen LogP contribution in [0.5, 0.6) is 5.75 Å². The van der Waals surface area contributed by atoms with Crippen molar-refractivity contribution in [2.45, 2.75) is 0 Å². The molecule has 0 saturated carbocycles. The number of aromatic nitrogens is 1. The fraction of sp³-hybridized carbons (Fsp3) is 0. The number of rotatable bonds is 1. The summed E-state index contributed by atoms with van der Waals surface area (Å²) in [5, 5.41) is 11.5. The van der Waals surface area contributed by atoms with Gasteiger partial charge in [0.2, 0.25) is 0 Å². The summed E-state index contributed by atoms with van der Waals surface area (Å²) in [5.74, 6) is -0.0585. The third-order valence-electron chi connectivity index (χ3n) is 2.85. The van der Waals surface area contributed by atoms with E-state index in [0.29, 0.717) is 25.1 Å². The van der Waals surface area contributed by atoms with E-state index in [1.807, 2.05) is 0 Å². The van der Waals surface area contributed by atoms with Crippen molar-refractivity contribution >= 4 is 68.0 Å². The molecule has 0 bridgehead atoms. The van der Waals surface area contributed by atoms with Crippen LogP contribution in [0.4, 0.5) is 0 Å². The second-order valence-electron chi connectivity index (χ2n) is 4.09. The zero-order valence-electron chi connectivity index (χ0n) is 9.71. The second kappa shape index (κ2) is 5.22. The minimum atomic E-state index is -0.370. The van der Waals surface area contributed by atoms with Crippen LogP contribution in [-0.4, -0.2) is 10.1 Å². The van der Waals surface area contributed by atoms with E-state index in [9.17, 15) is 9.90 Å². The number of hydrogen-bond acceptors (Lipinski definition) is 3. The highest BCUT2D eigenvalue weighted by Crippen LogP contribution is 2.38. The molecule has 1 aromatic carbocycles. The third kappa shape index (κ3) is 2.32. The minimum absolute atomic E-state index is 0.0585. The number of H-pyrrole nitrogens is 1. The van der Waals surface area contributed by atoms with E-state index in [2.05, 4.69) is 27.6 Å². The molecule has 0 atom stereocenters. The van der Waals surface area contributed by atoms with Crippen LogP contribution in [0.2, 0.25) is 9.36 Å². The topological polar surface area (TPSA) is 53.1 Å². The molecule has 0 amide bonds. The van der Waals surface area contributed by atoms with E-state index in [-0.39, 0.29) is 16.9 Å². The lowest BCUT2D eigenvalue weighted by atomic mass is 10.1. The highest BCUT2D eigenvalue weighted by Gasteiger charge is 2.16. The summed E-state index contributed by atoms with van der Waals surface area (Å²) in [4.78, 5) is 15.5. The molecule has 102 valence electrons. The molecule has 0 unspecified atom stereocenters. The van der Waals surface area contributed by atoms with Gasteiger partial charge in [0, 0.05) is 13.8 Å². The van der Waals surface area contributed by atoms with Gasteiger partial charge in [-0.25, -0.2) is 0 Å². The SMILES string of the molecule is O=c1[nH]c2cc(Cl)c(I)cc2c(O)c1-c1ccc(Cl)s1. The number of halogens is 3. The van der Waals surface area contributed by atoms with E-state index in [1.165, 1.54) is 11.3 Å². The van der Waals surface area contributed by atoms with Crippen LogP contribution in [0.1, 0.15) is 0 Å². The molecule has 3 rings (SSSR count). The summed E-state index contributed by atoms with van der Waals surface area (Å²) in [5.41, 5.74) is 0.364. The van der Waals surface area contributed by atoms with E-state index >= 15 is 0 Å². The van der Waals surface area contributed by atoms with Gasteiger partial charge in [0.25, 0.3) is 5.56 Å². The van der Waals surface area contributed by atoms with Crippen molar-refractivity contribution in [3.63, 3.8) is 0 Å². The molecule has 2 aromatic heterocycles. The molecule has 0 radical (unpaired) electrons. The summed E-state index contributed by atoms with van der Waals surface area (Å²) in [7, 11) is 0. The molecule has 3 aromatic rings. The number of nitrogens with one attached hydrogen (secondary N) is 1. The largest absolute Gasteiger partial charge is 0.506 e. The van der Waals surface area contributed by atoms with Gasteiger partial charge in [-0.2, -0.15) is 0 Å². The molecule has 2 N–H and O–H groups in total. The number of aromatic hydroxyl groups is 1. The van der Waals surface area contributed by atoms with Gasteiger partial charge < -0.3 is 10.1 Å². The summed E-state index contributed by atoms with van der Waals surface area (Å²) < 4.78 is 1.36. The van der Waals surface area contributed by atoms with Gasteiger partial charge in [-0.3, -0.25) is 4.79 Å². The zero-order valence-corrected chi connectivity index (χ0v) is 14.2. The first kappa shape index (κ1) is 14.2. The van der Waals surface area contributed by atoms with Gasteiger partial charge in [-0.05, 0) is 46.9 Å². The smallest absolute Gasteiger partial charge is 0.260 e. The molecule has 7 heteroatoms. The molecule has 0 aliphatic heterocycles. The first-order valence-corrected chi connectivity index (χ1v) is 8.12. The number of benzene rings is 1. The second-order valence-corrected chi connectivity index (χ2v) is 7.38. The Morgan fingerprint density at radius 1 is 1.25 bits per heavy atom. The van der Waals surface area contributed by atoms with E-state index in [1.54, 1.807) is 24.3 Å². The average molecular weight is 438 g/mol. The normalized spacial score (nSPS) is 11.2. The number of pyridine rings is 1. The van der Waals surface area contributed by atoms with Crippen molar-refractivity contribution in [2.24, 2.45) is 0 Å². The predicted octanol–water partition coefficient (Wildman–Crippen LogP) is 4.87. The lowest BCUT2D eigenvalue weighted by Crippen LogP contribution is -2.08. The Kier molecular flexibility index (Phi) is 3.70. The molecule has 0 saturated heterocycles. The van der Waals surface area contributed by atoms with E-state index < -0.39 is 0 Å². The van der Waals surface area contributed by atoms with Crippen molar-refractivity contribution in [3.8, 4) is 16.2 Å². The maximum atomic E-state index is 12.2. The Labute approximate surface area is 141 Å². The molecule has 0 aliphatic rings. The fourth-order valence-electron chi connectivity index (χ4n) is 1.95. The molecule has 0 fully saturated rings. The van der Waals surface area contributed by atoms with Crippen molar-refractivity contribution in [3.05, 3.63) is 47.5 Å². The average Bonchev–Trinajstić information content (AvgIpc) is 2.79. The van der Waals surface area contributed by atoms with Crippen LogP contribution in [0.3, 0.4) is 0 Å². The monoisotopic (exact) mass is 437 g/mol. The summed E-state index contributed by atoms with van der Waals surface area (Å²) in [6.07, 6.45) is 0. The van der Waals surface area contributed by atoms with Crippen molar-refractivity contribution in [1.82, 2.24) is 4.98 Å². The summed E-state index contributed by atoms with van der Waals surface area (Å²) in [6.45, 7) is 0. The Hall–Kier alpha value is -0.760. The molecular formula is C13H6Cl2INO2S. The summed E-state index contributed by atoms with van der Waals surface area (Å²) in [6, 6.07) is 6.77. The lowest BCUT2D eigenvalue weighted by Gasteiger charge is -2.07. The minimum Gasteiger partial charge on any atom is -0.506 e. The van der Waals surface area contributed by atoms with Gasteiger partial charge in [0.1, 0.15) is 5.75 Å². The van der Waals surface area contributed by atoms with E-state index in [4.69, 9.17) is 23.2 Å². The van der Waals surface area contributed by atoms with Crippen LogP contribution >= 0.6 is 57.1 Å². The van der Waals surface area contributed by atoms with Crippen molar-refractivity contribution in [1.29, 1.82) is 0 Å². The van der Waals surface area contributed by atoms with Crippen LogP contribution in [-0.2, 0) is 0 Å². The lowest BCUT2D eigenvalue weighted by molar-refractivity contribution is 0.482. The van der Waals surface area contributed by atoms with Gasteiger partial charge in [-0.15, -0.1) is 11.3 Å². The quantitative estimate of drug-likeness (QED) is 0.533. The fourth-order valence-corrected chi connectivity index (χ4v) is 3.67. The molecule has 3 nitrogen and oxygen atoms in total. The third-order valence-corrected chi connectivity index (χ3v) is 5.62. The maximum absolute atomic E-state index is 12.2. The van der Waals surface area contributed by atoms with Crippen LogP contribution in [0.25, 0.3) is 21.3 Å². The number of fused-ring (bicyclic) bond motifs is 1. The molecule has 0 spiro atoms. The zero-order chi connectivity index (χ0) is 14.4. The Morgan fingerprint density at radius 3 is 2.65 bits per heavy atom. The number of thiophene rings is 1. The molecule has 2 heterocycles. The van der Waals surface area contributed by atoms with Gasteiger partial charge in [0.15, 0.2) is 0 Å². The van der Waals surface area contributed by atoms with Gasteiger partial charge in [0.05, 0.1) is 20.4 Å². The van der Waals surface area contributed by atoms with Crippen molar-refractivity contribution < 1.29 is 5.11 Å². The van der Waals surface area contributed by atoms with Crippen LogP contribution in [0.15, 0.2) is 29.1 Å². The first-order valence-electron chi connectivity index (χ1n) is 5.47.